The normalized spacial score (nSPS) is 11.5. The summed E-state index contributed by atoms with van der Waals surface area (Å²) in [5.74, 6) is 0. The van der Waals surface area contributed by atoms with Gasteiger partial charge in [-0.2, -0.15) is 0 Å². The van der Waals surface area contributed by atoms with Gasteiger partial charge in [0.05, 0.1) is 22.9 Å². The predicted molar refractivity (Wildman–Crippen MR) is 72.1 cm³/mol. The number of rotatable bonds is 6. The maximum absolute atomic E-state index is 11.7. The molecule has 7 heteroatoms. The fraction of sp³-hybridized carbons (Fsp3) is 0.455. The molecule has 0 aliphatic rings. The first kappa shape index (κ1) is 14.7. The number of benzene rings is 1. The standard InChI is InChI=1S/C11H19N3O3S/c1-3-14(6-7-15)11-8-9(4-5-10(11)12)18(16,17)13-2/h4-5,8,13,15H,3,6-7,12H2,1-2H3. The number of nitrogens with one attached hydrogen (secondary N) is 1. The Kier molecular flexibility index (Phi) is 4.94. The molecule has 0 amide bonds. The van der Waals surface area contributed by atoms with E-state index in [0.29, 0.717) is 24.5 Å². The predicted octanol–water partition coefficient (Wildman–Crippen LogP) is -0.00450. The summed E-state index contributed by atoms with van der Waals surface area (Å²) in [4.78, 5) is 1.98. The Balaban J connectivity index is 3.24. The van der Waals surface area contributed by atoms with Crippen molar-refractivity contribution in [2.75, 3.05) is 37.4 Å². The van der Waals surface area contributed by atoms with Crippen molar-refractivity contribution in [2.24, 2.45) is 0 Å². The highest BCUT2D eigenvalue weighted by atomic mass is 32.2. The SMILES string of the molecule is CCN(CCO)c1cc(S(=O)(=O)NC)ccc1N. The largest absolute Gasteiger partial charge is 0.397 e. The molecule has 1 rings (SSSR count). The van der Waals surface area contributed by atoms with Crippen LogP contribution in [0.25, 0.3) is 0 Å². The van der Waals surface area contributed by atoms with Crippen molar-refractivity contribution in [1.29, 1.82) is 0 Å². The monoisotopic (exact) mass is 273 g/mol. The molecule has 0 saturated carbocycles. The van der Waals surface area contributed by atoms with E-state index in [1.165, 1.54) is 19.2 Å². The van der Waals surface area contributed by atoms with Gasteiger partial charge in [-0.25, -0.2) is 13.1 Å². The third-order valence-electron chi connectivity index (χ3n) is 2.67. The van der Waals surface area contributed by atoms with Crippen LogP contribution < -0.4 is 15.4 Å². The zero-order valence-electron chi connectivity index (χ0n) is 10.5. The summed E-state index contributed by atoms with van der Waals surface area (Å²) < 4.78 is 25.7. The van der Waals surface area contributed by atoms with Crippen LogP contribution in [0.2, 0.25) is 0 Å². The molecule has 18 heavy (non-hydrogen) atoms. The summed E-state index contributed by atoms with van der Waals surface area (Å²) in [7, 11) is -2.13. The lowest BCUT2D eigenvalue weighted by Crippen LogP contribution is -2.27. The van der Waals surface area contributed by atoms with Crippen LogP contribution in [-0.4, -0.2) is 40.3 Å². The van der Waals surface area contributed by atoms with Crippen LogP contribution in [0, 0.1) is 0 Å². The number of nitrogen functional groups attached to an aromatic ring is 1. The first-order valence-corrected chi connectivity index (χ1v) is 7.13. The lowest BCUT2D eigenvalue weighted by atomic mass is 10.2. The van der Waals surface area contributed by atoms with Gasteiger partial charge in [-0.15, -0.1) is 0 Å². The summed E-state index contributed by atoms with van der Waals surface area (Å²) in [5, 5.41) is 8.98. The Morgan fingerprint density at radius 1 is 1.44 bits per heavy atom. The molecular formula is C11H19N3O3S. The van der Waals surface area contributed by atoms with Crippen molar-refractivity contribution < 1.29 is 13.5 Å². The van der Waals surface area contributed by atoms with Crippen LogP contribution in [0.1, 0.15) is 6.92 Å². The Hall–Kier alpha value is -1.31. The molecule has 0 fully saturated rings. The summed E-state index contributed by atoms with van der Waals surface area (Å²) in [6.07, 6.45) is 0. The smallest absolute Gasteiger partial charge is 0.240 e. The van der Waals surface area contributed by atoms with E-state index in [9.17, 15) is 8.42 Å². The number of anilines is 2. The molecule has 1 aromatic carbocycles. The summed E-state index contributed by atoms with van der Waals surface area (Å²) in [6.45, 7) is 2.93. The number of hydrogen-bond acceptors (Lipinski definition) is 5. The Morgan fingerprint density at radius 3 is 2.61 bits per heavy atom. The molecule has 1 aromatic rings. The van der Waals surface area contributed by atoms with Crippen LogP contribution in [0.4, 0.5) is 11.4 Å². The molecule has 102 valence electrons. The number of nitrogens with zero attached hydrogens (tertiary/aromatic N) is 1. The molecule has 0 aliphatic carbocycles. The van der Waals surface area contributed by atoms with Crippen LogP contribution in [0.5, 0.6) is 0 Å². The minimum Gasteiger partial charge on any atom is -0.397 e. The topological polar surface area (TPSA) is 95.7 Å². The van der Waals surface area contributed by atoms with Gasteiger partial charge in [-0.3, -0.25) is 0 Å². The Bertz CT molecular complexity index is 502. The lowest BCUT2D eigenvalue weighted by molar-refractivity contribution is 0.302. The highest BCUT2D eigenvalue weighted by molar-refractivity contribution is 7.89. The van der Waals surface area contributed by atoms with E-state index < -0.39 is 10.0 Å². The number of aliphatic hydroxyl groups excluding tert-OH is 1. The highest BCUT2D eigenvalue weighted by Gasteiger charge is 2.15. The van der Waals surface area contributed by atoms with Crippen molar-refractivity contribution in [2.45, 2.75) is 11.8 Å². The van der Waals surface area contributed by atoms with E-state index in [1.54, 1.807) is 6.07 Å². The summed E-state index contributed by atoms with van der Waals surface area (Å²) in [5.41, 5.74) is 6.94. The lowest BCUT2D eigenvalue weighted by Gasteiger charge is -2.24. The van der Waals surface area contributed by atoms with E-state index in [4.69, 9.17) is 10.8 Å². The van der Waals surface area contributed by atoms with Crippen molar-refractivity contribution >= 4 is 21.4 Å². The first-order chi connectivity index (χ1) is 8.46. The molecule has 0 aliphatic heterocycles. The van der Waals surface area contributed by atoms with Crippen molar-refractivity contribution in [3.8, 4) is 0 Å². The minimum atomic E-state index is -3.49. The fourth-order valence-corrected chi connectivity index (χ4v) is 2.40. The maximum atomic E-state index is 11.7. The van der Waals surface area contributed by atoms with Crippen molar-refractivity contribution in [3.05, 3.63) is 18.2 Å². The molecule has 0 heterocycles. The van der Waals surface area contributed by atoms with Gasteiger partial charge in [0, 0.05) is 13.1 Å². The quantitative estimate of drug-likeness (QED) is 0.634. The second kappa shape index (κ2) is 6.03. The van der Waals surface area contributed by atoms with Crippen LogP contribution in [-0.2, 0) is 10.0 Å². The van der Waals surface area contributed by atoms with Crippen LogP contribution >= 0.6 is 0 Å². The third kappa shape index (κ3) is 3.12. The van der Waals surface area contributed by atoms with E-state index in [2.05, 4.69) is 4.72 Å². The molecule has 0 unspecified atom stereocenters. The second-order valence-corrected chi connectivity index (χ2v) is 5.62. The number of sulfonamides is 1. The summed E-state index contributed by atoms with van der Waals surface area (Å²) >= 11 is 0. The van der Waals surface area contributed by atoms with Gasteiger partial charge in [-0.05, 0) is 32.2 Å². The van der Waals surface area contributed by atoms with Gasteiger partial charge in [0.15, 0.2) is 0 Å². The van der Waals surface area contributed by atoms with Crippen LogP contribution in [0.3, 0.4) is 0 Å². The van der Waals surface area contributed by atoms with Gasteiger partial charge in [0.2, 0.25) is 10.0 Å². The molecule has 0 spiro atoms. The molecule has 0 aromatic heterocycles. The van der Waals surface area contributed by atoms with E-state index in [-0.39, 0.29) is 11.5 Å². The number of hydrogen-bond donors (Lipinski definition) is 3. The van der Waals surface area contributed by atoms with E-state index in [1.807, 2.05) is 11.8 Å². The molecular weight excluding hydrogens is 254 g/mol. The fourth-order valence-electron chi connectivity index (χ4n) is 1.65. The average molecular weight is 273 g/mol. The molecule has 4 N–H and O–H groups in total. The zero-order valence-corrected chi connectivity index (χ0v) is 11.4. The molecule has 0 bridgehead atoms. The second-order valence-electron chi connectivity index (χ2n) is 3.73. The van der Waals surface area contributed by atoms with Crippen molar-refractivity contribution in [3.63, 3.8) is 0 Å². The third-order valence-corrected chi connectivity index (χ3v) is 4.09. The zero-order chi connectivity index (χ0) is 13.8. The Labute approximate surface area is 107 Å². The Morgan fingerprint density at radius 2 is 2.11 bits per heavy atom. The van der Waals surface area contributed by atoms with Crippen LogP contribution in [0.15, 0.2) is 23.1 Å². The molecule has 0 saturated heterocycles. The number of nitrogens with two attached hydrogens (primary N) is 1. The first-order valence-electron chi connectivity index (χ1n) is 5.65. The average Bonchev–Trinajstić information content (AvgIpc) is 2.36. The molecule has 6 nitrogen and oxygen atoms in total. The molecule has 0 radical (unpaired) electrons. The highest BCUT2D eigenvalue weighted by Crippen LogP contribution is 2.26. The van der Waals surface area contributed by atoms with E-state index >= 15 is 0 Å². The number of likely N-dealkylation sites (N-methyl/N-ethyl adjacent to an activating group) is 1. The van der Waals surface area contributed by atoms with E-state index in [0.717, 1.165) is 0 Å². The van der Waals surface area contributed by atoms with Gasteiger partial charge >= 0.3 is 0 Å². The molecule has 0 atom stereocenters. The number of aliphatic hydroxyl groups is 1. The minimum absolute atomic E-state index is 0.0176. The van der Waals surface area contributed by atoms with Crippen molar-refractivity contribution in [1.82, 2.24) is 4.72 Å². The van der Waals surface area contributed by atoms with Gasteiger partial charge in [0.1, 0.15) is 0 Å². The summed E-state index contributed by atoms with van der Waals surface area (Å²) in [6, 6.07) is 4.53. The van der Waals surface area contributed by atoms with Gasteiger partial charge in [-0.1, -0.05) is 0 Å². The van der Waals surface area contributed by atoms with Gasteiger partial charge in [0.25, 0.3) is 0 Å². The van der Waals surface area contributed by atoms with Gasteiger partial charge < -0.3 is 15.7 Å². The maximum Gasteiger partial charge on any atom is 0.240 e.